The minimum absolute atomic E-state index is 0.225. The maximum atomic E-state index is 5.09. The van der Waals surface area contributed by atoms with E-state index in [1.165, 1.54) is 0 Å². The summed E-state index contributed by atoms with van der Waals surface area (Å²) in [7, 11) is 0. The Bertz CT molecular complexity index is 458. The molecule has 2 aromatic heterocycles. The lowest BCUT2D eigenvalue weighted by atomic mass is 11.1. The molecule has 0 aliphatic rings. The fourth-order valence-electron chi connectivity index (χ4n) is 0.698. The van der Waals surface area contributed by atoms with Crippen molar-refractivity contribution in [1.82, 2.24) is 30.4 Å². The summed E-state index contributed by atoms with van der Waals surface area (Å²) >= 11 is 9.43. The molecule has 2 heterocycles. The molecule has 0 saturated carbocycles. The molecule has 0 unspecified atom stereocenters. The van der Waals surface area contributed by atoms with Crippen LogP contribution in [0.5, 0.6) is 12.0 Å². The van der Waals surface area contributed by atoms with Crippen LogP contribution in [-0.2, 0) is 0 Å². The molecule has 0 atom stereocenters. The molecule has 0 aromatic carbocycles. The molecule has 68 valence electrons. The minimum atomic E-state index is 0.225. The highest BCUT2D eigenvalue weighted by molar-refractivity contribution is 7.71. The highest BCUT2D eigenvalue weighted by atomic mass is 32.1. The topological polar surface area (TPSA) is 98.2 Å². The zero-order valence-electron chi connectivity index (χ0n) is 6.12. The molecule has 2 aromatic rings. The summed E-state index contributed by atoms with van der Waals surface area (Å²) in [4.78, 5) is 7.58. The molecule has 2 rings (SSSR count). The van der Waals surface area contributed by atoms with Crippen LogP contribution in [0.25, 0.3) is 0 Å². The maximum absolute atomic E-state index is 5.09. The Labute approximate surface area is 81.6 Å². The summed E-state index contributed by atoms with van der Waals surface area (Å²) in [6, 6.07) is 0.450. The van der Waals surface area contributed by atoms with Crippen molar-refractivity contribution in [2.24, 2.45) is 0 Å². The van der Waals surface area contributed by atoms with Gasteiger partial charge in [-0.3, -0.25) is 20.4 Å². The van der Waals surface area contributed by atoms with Crippen LogP contribution in [0.15, 0.2) is 0 Å². The van der Waals surface area contributed by atoms with Gasteiger partial charge in [-0.25, -0.2) is 0 Å². The number of nitrogens with zero attached hydrogens (tertiary/aromatic N) is 2. The Hall–Kier alpha value is -1.48. The van der Waals surface area contributed by atoms with Gasteiger partial charge in [-0.15, -0.1) is 0 Å². The van der Waals surface area contributed by atoms with Crippen LogP contribution < -0.4 is 4.74 Å². The first-order valence-electron chi connectivity index (χ1n) is 3.21. The highest BCUT2D eigenvalue weighted by Crippen LogP contribution is 2.08. The molecular weight excluding hydrogens is 212 g/mol. The van der Waals surface area contributed by atoms with E-state index in [1.54, 1.807) is 0 Å². The lowest BCUT2D eigenvalue weighted by molar-refractivity contribution is 0.411. The van der Waals surface area contributed by atoms with Crippen molar-refractivity contribution < 1.29 is 4.74 Å². The third-order valence-electron chi connectivity index (χ3n) is 1.15. The highest BCUT2D eigenvalue weighted by Gasteiger charge is 2.01. The summed E-state index contributed by atoms with van der Waals surface area (Å²) in [6.07, 6.45) is 0. The maximum Gasteiger partial charge on any atom is 0.319 e. The van der Waals surface area contributed by atoms with E-state index in [1.807, 2.05) is 0 Å². The van der Waals surface area contributed by atoms with Gasteiger partial charge in [0, 0.05) is 0 Å². The van der Waals surface area contributed by atoms with E-state index in [4.69, 9.17) is 29.2 Å². The average Bonchev–Trinajstić information content (AvgIpc) is 2.62. The van der Waals surface area contributed by atoms with Gasteiger partial charge >= 0.3 is 12.0 Å². The van der Waals surface area contributed by atoms with Crippen molar-refractivity contribution in [2.45, 2.75) is 0 Å². The zero-order valence-corrected chi connectivity index (χ0v) is 7.75. The molecule has 0 aliphatic heterocycles. The lowest BCUT2D eigenvalue weighted by Gasteiger charge is -1.91. The van der Waals surface area contributed by atoms with E-state index in [-0.39, 0.29) is 12.0 Å². The van der Waals surface area contributed by atoms with Crippen molar-refractivity contribution in [2.75, 3.05) is 0 Å². The first-order valence-corrected chi connectivity index (χ1v) is 4.03. The fourth-order valence-corrected chi connectivity index (χ4v) is 0.966. The molecule has 0 spiro atoms. The molecule has 0 radical (unpaired) electrons. The van der Waals surface area contributed by atoms with Gasteiger partial charge < -0.3 is 4.74 Å². The Morgan fingerprint density at radius 1 is 0.846 bits per heavy atom. The first-order chi connectivity index (χ1) is 6.24. The van der Waals surface area contributed by atoms with Gasteiger partial charge in [-0.1, -0.05) is 0 Å². The number of hydrogen-bond acceptors (Lipinski definition) is 5. The van der Waals surface area contributed by atoms with Gasteiger partial charge in [0.05, 0.1) is 0 Å². The van der Waals surface area contributed by atoms with Gasteiger partial charge in [0.25, 0.3) is 0 Å². The first kappa shape index (κ1) is 8.13. The van der Waals surface area contributed by atoms with Crippen molar-refractivity contribution >= 4 is 24.4 Å². The Morgan fingerprint density at radius 2 is 1.31 bits per heavy atom. The molecular formula is C4H4N6OS2. The molecule has 0 aliphatic carbocycles. The molecule has 4 N–H and O–H groups in total. The number of H-pyrrole nitrogens is 4. The average molecular weight is 216 g/mol. The number of aromatic amines is 4. The van der Waals surface area contributed by atoms with Gasteiger partial charge in [0.2, 0.25) is 9.54 Å². The summed E-state index contributed by atoms with van der Waals surface area (Å²) in [6.45, 7) is 0. The second-order valence-corrected chi connectivity index (χ2v) is 2.82. The summed E-state index contributed by atoms with van der Waals surface area (Å²) in [5.41, 5.74) is 0. The molecule has 7 nitrogen and oxygen atoms in total. The van der Waals surface area contributed by atoms with Crippen molar-refractivity contribution in [1.29, 1.82) is 0 Å². The number of ether oxygens (including phenoxy) is 1. The van der Waals surface area contributed by atoms with Gasteiger partial charge in [-0.05, 0) is 24.4 Å². The van der Waals surface area contributed by atoms with Gasteiger partial charge in [0.15, 0.2) is 0 Å². The standard InChI is InChI=1S/C4H4N6OS2/c12-3-5-1(7-9-3)11-2-6-4(13)10-8-2/h(H2,5,7,9,12)(H2,6,8,10,13). The monoisotopic (exact) mass is 216 g/mol. The number of hydrogen-bond donors (Lipinski definition) is 4. The number of rotatable bonds is 2. The van der Waals surface area contributed by atoms with Crippen LogP contribution in [0.4, 0.5) is 0 Å². The molecule has 0 amide bonds. The largest absolute Gasteiger partial charge is 0.389 e. The van der Waals surface area contributed by atoms with Crippen LogP contribution >= 0.6 is 24.4 Å². The smallest absolute Gasteiger partial charge is 0.319 e. The van der Waals surface area contributed by atoms with E-state index in [9.17, 15) is 0 Å². The van der Waals surface area contributed by atoms with Crippen LogP contribution in [0.1, 0.15) is 0 Å². The third-order valence-corrected chi connectivity index (χ3v) is 1.54. The van der Waals surface area contributed by atoms with Gasteiger partial charge in [0.1, 0.15) is 0 Å². The van der Waals surface area contributed by atoms with Crippen molar-refractivity contribution in [3.05, 3.63) is 9.54 Å². The number of nitrogens with one attached hydrogen (secondary N) is 4. The Balaban J connectivity index is 2.23. The minimum Gasteiger partial charge on any atom is -0.389 e. The zero-order chi connectivity index (χ0) is 9.26. The molecule has 0 bridgehead atoms. The van der Waals surface area contributed by atoms with Crippen molar-refractivity contribution in [3.8, 4) is 12.0 Å². The van der Waals surface area contributed by atoms with Crippen LogP contribution in [0, 0.1) is 9.54 Å². The summed E-state index contributed by atoms with van der Waals surface area (Å²) in [5.74, 6) is 0. The summed E-state index contributed by atoms with van der Waals surface area (Å²) < 4.78 is 5.71. The second kappa shape index (κ2) is 3.11. The Morgan fingerprint density at radius 3 is 1.62 bits per heavy atom. The fraction of sp³-hybridized carbons (Fsp3) is 0. The Kier molecular flexibility index (Phi) is 1.94. The molecule has 0 saturated heterocycles. The summed E-state index contributed by atoms with van der Waals surface area (Å²) in [5, 5.41) is 10.3. The van der Waals surface area contributed by atoms with Crippen LogP contribution in [0.2, 0.25) is 0 Å². The molecule has 0 fully saturated rings. The van der Waals surface area contributed by atoms with E-state index < -0.39 is 0 Å². The predicted molar refractivity (Wildman–Crippen MR) is 47.6 cm³/mol. The van der Waals surface area contributed by atoms with Crippen LogP contribution in [-0.4, -0.2) is 30.4 Å². The van der Waals surface area contributed by atoms with E-state index in [0.29, 0.717) is 9.54 Å². The van der Waals surface area contributed by atoms with Crippen molar-refractivity contribution in [3.63, 3.8) is 0 Å². The second-order valence-electron chi connectivity index (χ2n) is 2.05. The van der Waals surface area contributed by atoms with Gasteiger partial charge in [-0.2, -0.15) is 9.97 Å². The third kappa shape index (κ3) is 1.81. The molecule has 9 heteroatoms. The SMILES string of the molecule is S=c1nc(Oc2nc(=S)[nH][nH]2)[nH][nH]1. The predicted octanol–water partition coefficient (Wildman–Crippen LogP) is 1.04. The van der Waals surface area contributed by atoms with Crippen LogP contribution in [0.3, 0.4) is 0 Å². The number of aromatic nitrogens is 6. The van der Waals surface area contributed by atoms with E-state index >= 15 is 0 Å². The van der Waals surface area contributed by atoms with E-state index in [0.717, 1.165) is 0 Å². The normalized spacial score (nSPS) is 10.2. The lowest BCUT2D eigenvalue weighted by Crippen LogP contribution is -1.87. The van der Waals surface area contributed by atoms with E-state index in [2.05, 4.69) is 30.4 Å². The quantitative estimate of drug-likeness (QED) is 0.562. The molecule has 13 heavy (non-hydrogen) atoms.